The summed E-state index contributed by atoms with van der Waals surface area (Å²) in [6.07, 6.45) is 0. The van der Waals surface area contributed by atoms with Crippen LogP contribution < -0.4 is 0 Å². The molecule has 0 fully saturated rings. The number of aromatic nitrogens is 2. The molecule has 0 aliphatic rings. The Kier molecular flexibility index (Phi) is 4.16. The third-order valence-corrected chi connectivity index (χ3v) is 4.12. The zero-order valence-electron chi connectivity index (χ0n) is 8.48. The van der Waals surface area contributed by atoms with Gasteiger partial charge >= 0.3 is 0 Å². The summed E-state index contributed by atoms with van der Waals surface area (Å²) in [6.45, 7) is 1.61. The lowest BCUT2D eigenvalue weighted by molar-refractivity contribution is 0.320. The lowest BCUT2D eigenvalue weighted by Gasteiger charge is -2.12. The van der Waals surface area contributed by atoms with Crippen molar-refractivity contribution in [3.05, 3.63) is 30.8 Å². The SMILES string of the molecule is CN(Cc1ccc(Cl)s1)Cc1nnc(Cl)s1. The lowest BCUT2D eigenvalue weighted by Crippen LogP contribution is -2.16. The van der Waals surface area contributed by atoms with Crippen molar-refractivity contribution in [2.45, 2.75) is 13.1 Å². The van der Waals surface area contributed by atoms with E-state index in [1.165, 1.54) is 16.2 Å². The van der Waals surface area contributed by atoms with Gasteiger partial charge < -0.3 is 0 Å². The van der Waals surface area contributed by atoms with Gasteiger partial charge in [0.1, 0.15) is 5.01 Å². The van der Waals surface area contributed by atoms with Gasteiger partial charge in [0.25, 0.3) is 0 Å². The van der Waals surface area contributed by atoms with Gasteiger partial charge in [0, 0.05) is 11.4 Å². The first-order valence-corrected chi connectivity index (χ1v) is 6.93. The summed E-state index contributed by atoms with van der Waals surface area (Å²) in [5, 5.41) is 8.67. The second-order valence-electron chi connectivity index (χ2n) is 3.33. The first kappa shape index (κ1) is 12.3. The number of thiophene rings is 1. The van der Waals surface area contributed by atoms with Gasteiger partial charge in [-0.3, -0.25) is 4.90 Å². The van der Waals surface area contributed by atoms with Gasteiger partial charge in [0.05, 0.1) is 10.9 Å². The Morgan fingerprint density at radius 3 is 2.56 bits per heavy atom. The largest absolute Gasteiger partial charge is 0.295 e. The van der Waals surface area contributed by atoms with Crippen molar-refractivity contribution in [1.29, 1.82) is 0 Å². The molecule has 2 heterocycles. The molecule has 0 saturated heterocycles. The van der Waals surface area contributed by atoms with Gasteiger partial charge in [-0.25, -0.2) is 0 Å². The van der Waals surface area contributed by atoms with E-state index in [9.17, 15) is 0 Å². The fourth-order valence-electron chi connectivity index (χ4n) is 1.29. The van der Waals surface area contributed by atoms with Crippen LogP contribution in [0.4, 0.5) is 0 Å². The Morgan fingerprint density at radius 2 is 2.00 bits per heavy atom. The molecule has 0 radical (unpaired) electrons. The van der Waals surface area contributed by atoms with Crippen LogP contribution in [0.3, 0.4) is 0 Å². The van der Waals surface area contributed by atoms with Gasteiger partial charge in [-0.2, -0.15) is 0 Å². The van der Waals surface area contributed by atoms with Crippen LogP contribution in [0.2, 0.25) is 8.80 Å². The van der Waals surface area contributed by atoms with Crippen LogP contribution >= 0.6 is 45.9 Å². The Bertz CT molecular complexity index is 427. The van der Waals surface area contributed by atoms with Crippen LogP contribution in [-0.4, -0.2) is 22.1 Å². The molecule has 0 N–H and O–H groups in total. The molecule has 3 nitrogen and oxygen atoms in total. The number of hydrogen-bond donors (Lipinski definition) is 0. The van der Waals surface area contributed by atoms with Crippen LogP contribution in [-0.2, 0) is 13.1 Å². The van der Waals surface area contributed by atoms with Crippen LogP contribution in [0, 0.1) is 0 Å². The molecule has 2 aromatic heterocycles. The average molecular weight is 294 g/mol. The van der Waals surface area contributed by atoms with E-state index in [1.54, 1.807) is 11.3 Å². The highest BCUT2D eigenvalue weighted by molar-refractivity contribution is 7.16. The van der Waals surface area contributed by atoms with Crippen LogP contribution in [0.25, 0.3) is 0 Å². The molecule has 0 amide bonds. The third-order valence-electron chi connectivity index (χ3n) is 1.90. The normalized spacial score (nSPS) is 11.2. The van der Waals surface area contributed by atoms with Crippen molar-refractivity contribution in [3.8, 4) is 0 Å². The Hall–Kier alpha value is -0.200. The molecule has 0 spiro atoms. The van der Waals surface area contributed by atoms with Gasteiger partial charge in [0.15, 0.2) is 0 Å². The van der Waals surface area contributed by atoms with Crippen molar-refractivity contribution in [2.24, 2.45) is 0 Å². The second kappa shape index (κ2) is 5.42. The van der Waals surface area contributed by atoms with Gasteiger partial charge in [-0.1, -0.05) is 22.9 Å². The van der Waals surface area contributed by atoms with Crippen molar-refractivity contribution in [3.63, 3.8) is 0 Å². The second-order valence-corrected chi connectivity index (χ2v) is 6.77. The molecule has 0 aliphatic carbocycles. The number of nitrogens with zero attached hydrogens (tertiary/aromatic N) is 3. The summed E-state index contributed by atoms with van der Waals surface area (Å²) in [5.41, 5.74) is 0. The molecule has 0 unspecified atom stereocenters. The Labute approximate surface area is 112 Å². The van der Waals surface area contributed by atoms with E-state index in [-0.39, 0.29) is 0 Å². The molecule has 0 bridgehead atoms. The first-order chi connectivity index (χ1) is 7.63. The third kappa shape index (κ3) is 3.40. The Balaban J connectivity index is 1.91. The highest BCUT2D eigenvalue weighted by atomic mass is 35.5. The number of rotatable bonds is 4. The van der Waals surface area contributed by atoms with E-state index in [0.717, 1.165) is 22.4 Å². The lowest BCUT2D eigenvalue weighted by atomic mass is 10.4. The van der Waals surface area contributed by atoms with Gasteiger partial charge in [-0.15, -0.1) is 21.5 Å². The van der Waals surface area contributed by atoms with Gasteiger partial charge in [0.2, 0.25) is 4.47 Å². The monoisotopic (exact) mass is 293 g/mol. The standard InChI is InChI=1S/C9H9Cl2N3S2/c1-14(4-6-2-3-7(10)15-6)5-8-12-13-9(11)16-8/h2-3H,4-5H2,1H3. The smallest absolute Gasteiger partial charge is 0.207 e. The van der Waals surface area contributed by atoms with E-state index in [2.05, 4.69) is 15.1 Å². The summed E-state index contributed by atoms with van der Waals surface area (Å²) in [6, 6.07) is 3.95. The van der Waals surface area contributed by atoms with Crippen molar-refractivity contribution < 1.29 is 0 Å². The summed E-state index contributed by atoms with van der Waals surface area (Å²) in [5.74, 6) is 0. The first-order valence-electron chi connectivity index (χ1n) is 4.54. The predicted molar refractivity (Wildman–Crippen MR) is 69.4 cm³/mol. The van der Waals surface area contributed by atoms with Crippen LogP contribution in [0.5, 0.6) is 0 Å². The van der Waals surface area contributed by atoms with Crippen molar-refractivity contribution >= 4 is 45.9 Å². The fourth-order valence-corrected chi connectivity index (χ4v) is 3.40. The predicted octanol–water partition coefficient (Wildman–Crippen LogP) is 3.54. The van der Waals surface area contributed by atoms with Gasteiger partial charge in [-0.05, 0) is 30.8 Å². The highest BCUT2D eigenvalue weighted by Gasteiger charge is 2.07. The highest BCUT2D eigenvalue weighted by Crippen LogP contribution is 2.23. The van der Waals surface area contributed by atoms with Crippen molar-refractivity contribution in [1.82, 2.24) is 15.1 Å². The number of halogens is 2. The molecule has 0 atom stereocenters. The minimum absolute atomic E-state index is 0.488. The zero-order chi connectivity index (χ0) is 11.5. The topological polar surface area (TPSA) is 29.0 Å². The maximum absolute atomic E-state index is 5.87. The molecule has 7 heteroatoms. The van der Waals surface area contributed by atoms with E-state index in [0.29, 0.717) is 4.47 Å². The van der Waals surface area contributed by atoms with Crippen molar-refractivity contribution in [2.75, 3.05) is 7.05 Å². The van der Waals surface area contributed by atoms with E-state index in [4.69, 9.17) is 23.2 Å². The number of hydrogen-bond acceptors (Lipinski definition) is 5. The summed E-state index contributed by atoms with van der Waals surface area (Å²) < 4.78 is 1.31. The molecule has 2 aromatic rings. The molecule has 86 valence electrons. The molecule has 0 aliphatic heterocycles. The molecular formula is C9H9Cl2N3S2. The Morgan fingerprint density at radius 1 is 1.19 bits per heavy atom. The minimum Gasteiger partial charge on any atom is -0.295 e. The molecule has 0 saturated carbocycles. The zero-order valence-corrected chi connectivity index (χ0v) is 11.6. The summed E-state index contributed by atoms with van der Waals surface area (Å²) >= 11 is 14.6. The quantitative estimate of drug-likeness (QED) is 0.863. The summed E-state index contributed by atoms with van der Waals surface area (Å²) in [4.78, 5) is 3.39. The average Bonchev–Trinajstić information content (AvgIpc) is 2.76. The molecule has 0 aromatic carbocycles. The van der Waals surface area contributed by atoms with E-state index >= 15 is 0 Å². The molecular weight excluding hydrogens is 285 g/mol. The minimum atomic E-state index is 0.488. The maximum atomic E-state index is 5.87. The fraction of sp³-hybridized carbons (Fsp3) is 0.333. The summed E-state index contributed by atoms with van der Waals surface area (Å²) in [7, 11) is 2.03. The van der Waals surface area contributed by atoms with Crippen LogP contribution in [0.15, 0.2) is 12.1 Å². The maximum Gasteiger partial charge on any atom is 0.207 e. The molecule has 2 rings (SSSR count). The van der Waals surface area contributed by atoms with E-state index < -0.39 is 0 Å². The molecule has 16 heavy (non-hydrogen) atoms. The van der Waals surface area contributed by atoms with E-state index in [1.807, 2.05) is 19.2 Å². The van der Waals surface area contributed by atoms with Crippen LogP contribution in [0.1, 0.15) is 9.88 Å².